The predicted molar refractivity (Wildman–Crippen MR) is 144 cm³/mol. The van der Waals surface area contributed by atoms with E-state index in [9.17, 15) is 16.8 Å². The first-order chi connectivity index (χ1) is 17.0. The van der Waals surface area contributed by atoms with Crippen LogP contribution in [0.3, 0.4) is 0 Å². The van der Waals surface area contributed by atoms with Gasteiger partial charge in [0, 0.05) is 0 Å². The van der Waals surface area contributed by atoms with Gasteiger partial charge in [-0.15, -0.1) is 0 Å². The second-order valence-corrected chi connectivity index (χ2v) is 16.0. The Morgan fingerprint density at radius 1 is 0.972 bits per heavy atom. The van der Waals surface area contributed by atoms with Crippen molar-refractivity contribution in [2.45, 2.75) is 26.3 Å². The number of para-hydroxylation sites is 2. The van der Waals surface area contributed by atoms with Gasteiger partial charge in [0.25, 0.3) is 0 Å². The number of allylic oxidation sites excluding steroid dienone is 2. The summed E-state index contributed by atoms with van der Waals surface area (Å²) in [5.41, 5.74) is 3.19. The average molecular weight is 662 g/mol. The van der Waals surface area contributed by atoms with E-state index in [1.54, 1.807) is 0 Å². The molecule has 0 aliphatic carbocycles. The van der Waals surface area contributed by atoms with Gasteiger partial charge in [0.2, 0.25) is 0 Å². The second kappa shape index (κ2) is 11.3. The molecule has 8 nitrogen and oxygen atoms in total. The van der Waals surface area contributed by atoms with Crippen LogP contribution < -0.4 is 13.9 Å². The molecule has 36 heavy (non-hydrogen) atoms. The number of hydrogen-bond acceptors (Lipinski definition) is 5. The molecule has 0 fully saturated rings. The molecule has 0 saturated carbocycles. The van der Waals surface area contributed by atoms with Crippen molar-refractivity contribution in [1.82, 2.24) is 0 Å². The fourth-order valence-corrected chi connectivity index (χ4v) is 10.0. The van der Waals surface area contributed by atoms with Crippen LogP contribution in [0.5, 0.6) is 0 Å². The van der Waals surface area contributed by atoms with Gasteiger partial charge in [0.1, 0.15) is 0 Å². The average Bonchev–Trinajstić information content (AvgIpc) is 3.30. The number of fused-ring (bicyclic) bond motifs is 2. The number of nitrogens with zero attached hydrogens (tertiary/aromatic N) is 2. The van der Waals surface area contributed by atoms with Gasteiger partial charge in [-0.25, -0.2) is 0 Å². The van der Waals surface area contributed by atoms with E-state index in [4.69, 9.17) is 9.11 Å². The maximum atomic E-state index is 11.2. The van der Waals surface area contributed by atoms with Crippen LogP contribution in [-0.2, 0) is 26.8 Å². The molecule has 1 aliphatic rings. The normalized spacial score (nSPS) is 15.7. The summed E-state index contributed by atoms with van der Waals surface area (Å²) in [5.74, 6) is -0.560. The Hall–Kier alpha value is -1.75. The molecular weight excluding hydrogens is 634 g/mol. The van der Waals surface area contributed by atoms with Crippen LogP contribution in [0.1, 0.15) is 24.3 Å². The van der Waals surface area contributed by atoms with Crippen LogP contribution in [0.25, 0.3) is 15.9 Å². The van der Waals surface area contributed by atoms with Gasteiger partial charge in [-0.05, 0) is 0 Å². The molecule has 1 aromatic heterocycles. The molecule has 192 valence electrons. The van der Waals surface area contributed by atoms with E-state index in [1.165, 1.54) is 8.72 Å². The van der Waals surface area contributed by atoms with Crippen LogP contribution in [0.15, 0.2) is 64.8 Å². The third-order valence-corrected chi connectivity index (χ3v) is 11.8. The zero-order valence-electron chi connectivity index (χ0n) is 19.6. The molecule has 4 rings (SSSR count). The van der Waals surface area contributed by atoms with Crippen molar-refractivity contribution in [2.24, 2.45) is 0 Å². The molecule has 0 saturated heterocycles. The van der Waals surface area contributed by atoms with Gasteiger partial charge >= 0.3 is 225 Å². The van der Waals surface area contributed by atoms with Crippen molar-refractivity contribution < 1.29 is 30.5 Å². The van der Waals surface area contributed by atoms with Crippen LogP contribution in [0.4, 0.5) is 5.69 Å². The van der Waals surface area contributed by atoms with Crippen LogP contribution in [-0.4, -0.2) is 73.5 Å². The van der Waals surface area contributed by atoms with Crippen molar-refractivity contribution in [3.8, 4) is 0 Å². The Bertz CT molecular complexity index is 1550. The van der Waals surface area contributed by atoms with Crippen molar-refractivity contribution >= 4 is 75.7 Å². The molecule has 0 amide bonds. The third-order valence-electron chi connectivity index (χ3n) is 5.54. The van der Waals surface area contributed by atoms with Gasteiger partial charge in [-0.3, -0.25) is 0 Å². The van der Waals surface area contributed by atoms with Crippen molar-refractivity contribution in [2.75, 3.05) is 23.0 Å². The molecule has 0 atom stereocenters. The fraction of sp³-hybridized carbons (Fsp3) is 0.292. The molecule has 0 radical (unpaired) electrons. The summed E-state index contributed by atoms with van der Waals surface area (Å²) in [6.45, 7) is 3.02. The molecule has 2 aromatic carbocycles. The summed E-state index contributed by atoms with van der Waals surface area (Å²) in [6, 6.07) is 16.2. The first-order valence-corrected chi connectivity index (χ1v) is 17.9. The molecule has 0 spiro atoms. The summed E-state index contributed by atoms with van der Waals surface area (Å²) in [6.07, 6.45) is 4.91. The Labute approximate surface area is 223 Å². The summed E-state index contributed by atoms with van der Waals surface area (Å²) in [7, 11) is -8.02. The fourth-order valence-electron chi connectivity index (χ4n) is 4.02. The number of rotatable bonds is 10. The molecule has 3 aromatic rings. The molecule has 12 heteroatoms. The molecule has 1 aliphatic heterocycles. The number of hydrogen-bond donors (Lipinski definition) is 2. The SMILES string of the molecule is CC(=Cc1[se]c2ccccc2[n+]1CCCS(=O)(=O)O)C=C1[Se]c2ccccc2N1CCCS(=O)(=O)O. The van der Waals surface area contributed by atoms with Crippen LogP contribution in [0, 0.1) is 0 Å². The first-order valence-electron chi connectivity index (χ1n) is 11.3. The number of anilines is 1. The van der Waals surface area contributed by atoms with Crippen LogP contribution >= 0.6 is 0 Å². The van der Waals surface area contributed by atoms with E-state index < -0.39 is 20.2 Å². The topological polar surface area (TPSA) is 116 Å². The monoisotopic (exact) mass is 663 g/mol. The Morgan fingerprint density at radius 2 is 1.64 bits per heavy atom. The van der Waals surface area contributed by atoms with E-state index in [-0.39, 0.29) is 41.0 Å². The van der Waals surface area contributed by atoms with Gasteiger partial charge in [0.05, 0.1) is 0 Å². The number of aromatic nitrogens is 1. The van der Waals surface area contributed by atoms with E-state index in [0.29, 0.717) is 25.9 Å². The van der Waals surface area contributed by atoms with Gasteiger partial charge < -0.3 is 0 Å². The third kappa shape index (κ3) is 7.18. The zero-order chi connectivity index (χ0) is 25.9. The zero-order valence-corrected chi connectivity index (χ0v) is 24.6. The van der Waals surface area contributed by atoms with Crippen molar-refractivity contribution in [1.29, 1.82) is 0 Å². The van der Waals surface area contributed by atoms with Crippen LogP contribution in [0.2, 0.25) is 0 Å². The Kier molecular flexibility index (Phi) is 8.59. The van der Waals surface area contributed by atoms with Gasteiger partial charge in [-0.2, -0.15) is 0 Å². The molecule has 0 bridgehead atoms. The molecule has 2 N–H and O–H groups in total. The van der Waals surface area contributed by atoms with Gasteiger partial charge in [-0.1, -0.05) is 0 Å². The van der Waals surface area contributed by atoms with Gasteiger partial charge in [0.15, 0.2) is 0 Å². The summed E-state index contributed by atoms with van der Waals surface area (Å²) >= 11 is 0.126. The first kappa shape index (κ1) is 27.3. The van der Waals surface area contributed by atoms with Crippen molar-refractivity contribution in [3.63, 3.8) is 0 Å². The second-order valence-electron chi connectivity index (χ2n) is 8.43. The molecule has 0 unspecified atom stereocenters. The minimum absolute atomic E-state index is 0.0629. The standard InChI is InChI=1S/C24H26N2O6S2Se2/c1-18(16-23-25(12-6-14-33(27,28)29)19-8-2-4-10-21(19)35-23)17-24-26(13-7-15-34(30,31)32)20-9-3-5-11-22(20)36-24/h2-5,8-11,16-17H,6-7,12-15H2,1H3,(H-,27,28,29,30,31,32)/p+1. The van der Waals surface area contributed by atoms with Crippen molar-refractivity contribution in [3.05, 3.63) is 69.3 Å². The molecule has 2 heterocycles. The van der Waals surface area contributed by atoms with E-state index >= 15 is 0 Å². The Morgan fingerprint density at radius 3 is 2.39 bits per heavy atom. The number of aryl methyl sites for hydroxylation is 1. The summed E-state index contributed by atoms with van der Waals surface area (Å²) < 4.78 is 70.0. The molecular formula is C24H27N2O6S2Se2+. The number of benzene rings is 2. The Balaban J connectivity index is 1.63. The predicted octanol–water partition coefficient (Wildman–Crippen LogP) is 1.83. The maximum absolute atomic E-state index is 11.2. The quantitative estimate of drug-likeness (QED) is 0.194. The minimum atomic E-state index is -4.01. The van der Waals surface area contributed by atoms with E-state index in [2.05, 4.69) is 33.8 Å². The summed E-state index contributed by atoms with van der Waals surface area (Å²) in [4.78, 5) is 2.14. The van der Waals surface area contributed by atoms with E-state index in [0.717, 1.165) is 25.9 Å². The summed E-state index contributed by atoms with van der Waals surface area (Å²) in [5, 5.41) is 0. The van der Waals surface area contributed by atoms with E-state index in [1.807, 2.05) is 43.3 Å².